The molecule has 2 aliphatic carbocycles. The molecule has 1 saturated heterocycles. The number of alkyl halides is 5. The standard InChI is InChI=1S/C18H23F5O5/c1-9(2)13(24)27-12-6-11-5-10(12)7-14(11,3)28-15(4)8-26-17(25,16(15,19)20)18(21,22)23/h10-12,25H,1,5-8H2,2-4H3. The second-order valence-corrected chi connectivity index (χ2v) is 8.51. The van der Waals surface area contributed by atoms with Gasteiger partial charge in [0.25, 0.3) is 0 Å². The maximum Gasteiger partial charge on any atom is 0.449 e. The lowest BCUT2D eigenvalue weighted by molar-refractivity contribution is -0.412. The van der Waals surface area contributed by atoms with Crippen LogP contribution in [0.3, 0.4) is 0 Å². The lowest BCUT2D eigenvalue weighted by Gasteiger charge is -2.44. The van der Waals surface area contributed by atoms with E-state index in [-0.39, 0.29) is 23.8 Å². The molecule has 3 rings (SSSR count). The van der Waals surface area contributed by atoms with Crippen LogP contribution in [0.1, 0.15) is 40.0 Å². The summed E-state index contributed by atoms with van der Waals surface area (Å²) in [5.74, 6) is -10.3. The van der Waals surface area contributed by atoms with Gasteiger partial charge in [0.05, 0.1) is 12.2 Å². The first-order chi connectivity index (χ1) is 12.6. The number of hydrogen-bond donors (Lipinski definition) is 1. The van der Waals surface area contributed by atoms with Crippen molar-refractivity contribution >= 4 is 5.97 Å². The van der Waals surface area contributed by atoms with Crippen molar-refractivity contribution < 1.29 is 46.1 Å². The normalized spacial score (nSPS) is 44.7. The Morgan fingerprint density at radius 3 is 2.29 bits per heavy atom. The first kappa shape index (κ1) is 21.4. The van der Waals surface area contributed by atoms with Crippen molar-refractivity contribution in [1.29, 1.82) is 0 Å². The Morgan fingerprint density at radius 1 is 1.25 bits per heavy atom. The van der Waals surface area contributed by atoms with E-state index in [2.05, 4.69) is 11.3 Å². The second-order valence-electron chi connectivity index (χ2n) is 8.51. The number of carbonyl (C=O) groups excluding carboxylic acids is 1. The van der Waals surface area contributed by atoms with E-state index >= 15 is 0 Å². The minimum Gasteiger partial charge on any atom is -0.459 e. The summed E-state index contributed by atoms with van der Waals surface area (Å²) in [4.78, 5) is 11.7. The van der Waals surface area contributed by atoms with Gasteiger partial charge in [-0.25, -0.2) is 4.79 Å². The summed E-state index contributed by atoms with van der Waals surface area (Å²) in [5.41, 5.74) is -3.58. The number of aliphatic hydroxyl groups is 1. The molecule has 0 aromatic carbocycles. The molecule has 0 radical (unpaired) electrons. The van der Waals surface area contributed by atoms with E-state index in [1.165, 1.54) is 6.92 Å². The predicted molar refractivity (Wildman–Crippen MR) is 85.3 cm³/mol. The van der Waals surface area contributed by atoms with Gasteiger partial charge in [-0.2, -0.15) is 22.0 Å². The van der Waals surface area contributed by atoms with Crippen molar-refractivity contribution in [1.82, 2.24) is 0 Å². The molecule has 28 heavy (non-hydrogen) atoms. The first-order valence-electron chi connectivity index (χ1n) is 8.94. The van der Waals surface area contributed by atoms with Gasteiger partial charge >= 0.3 is 23.9 Å². The number of rotatable bonds is 4. The van der Waals surface area contributed by atoms with E-state index in [1.54, 1.807) is 6.92 Å². The molecule has 6 atom stereocenters. The van der Waals surface area contributed by atoms with E-state index < -0.39 is 47.8 Å². The lowest BCUT2D eigenvalue weighted by Crippen LogP contribution is -2.64. The van der Waals surface area contributed by atoms with Gasteiger partial charge < -0.3 is 19.3 Å². The summed E-state index contributed by atoms with van der Waals surface area (Å²) in [6.07, 6.45) is -4.97. The monoisotopic (exact) mass is 414 g/mol. The number of esters is 1. The smallest absolute Gasteiger partial charge is 0.449 e. The van der Waals surface area contributed by atoms with Crippen LogP contribution in [-0.4, -0.2) is 52.9 Å². The Kier molecular flexibility index (Phi) is 4.69. The maximum absolute atomic E-state index is 14.6. The van der Waals surface area contributed by atoms with Gasteiger partial charge in [0, 0.05) is 5.57 Å². The molecule has 0 amide bonds. The fraction of sp³-hybridized carbons (Fsp3) is 0.833. The summed E-state index contributed by atoms with van der Waals surface area (Å²) < 4.78 is 83.4. The average molecular weight is 414 g/mol. The highest BCUT2D eigenvalue weighted by Gasteiger charge is 2.82. The number of halogens is 5. The Bertz CT molecular complexity index is 694. The SMILES string of the molecule is C=C(C)C(=O)OC1CC2CC1CC2(C)OC1(C)COC(O)(C(F)(F)F)C1(F)F. The Morgan fingerprint density at radius 2 is 1.86 bits per heavy atom. The molecular weight excluding hydrogens is 391 g/mol. The van der Waals surface area contributed by atoms with E-state index in [4.69, 9.17) is 9.47 Å². The topological polar surface area (TPSA) is 65.0 Å². The zero-order valence-electron chi connectivity index (χ0n) is 15.7. The van der Waals surface area contributed by atoms with Crippen molar-refractivity contribution in [2.45, 2.75) is 75.2 Å². The number of hydrogen-bond acceptors (Lipinski definition) is 5. The molecule has 1 aliphatic heterocycles. The fourth-order valence-corrected chi connectivity index (χ4v) is 4.64. The van der Waals surface area contributed by atoms with Crippen molar-refractivity contribution in [3.8, 4) is 0 Å². The molecule has 0 aromatic rings. The van der Waals surface area contributed by atoms with E-state index in [1.807, 2.05) is 0 Å². The number of carbonyl (C=O) groups is 1. The Labute approximate surface area is 158 Å². The molecule has 10 heteroatoms. The maximum atomic E-state index is 14.6. The third kappa shape index (κ3) is 2.87. The largest absolute Gasteiger partial charge is 0.459 e. The predicted octanol–water partition coefficient (Wildman–Crippen LogP) is 3.35. The van der Waals surface area contributed by atoms with Gasteiger partial charge in [0.2, 0.25) is 0 Å². The van der Waals surface area contributed by atoms with Crippen LogP contribution in [0.4, 0.5) is 22.0 Å². The first-order valence-corrected chi connectivity index (χ1v) is 8.94. The molecule has 1 heterocycles. The van der Waals surface area contributed by atoms with Crippen molar-refractivity contribution in [3.63, 3.8) is 0 Å². The third-order valence-electron chi connectivity index (χ3n) is 6.26. The average Bonchev–Trinajstić information content (AvgIpc) is 3.12. The van der Waals surface area contributed by atoms with Crippen molar-refractivity contribution in [3.05, 3.63) is 12.2 Å². The highest BCUT2D eigenvalue weighted by Crippen LogP contribution is 2.60. The summed E-state index contributed by atoms with van der Waals surface area (Å²) in [6, 6.07) is 0. The van der Waals surface area contributed by atoms with Gasteiger partial charge in [-0.3, -0.25) is 0 Å². The molecule has 5 nitrogen and oxygen atoms in total. The molecule has 3 aliphatic rings. The van der Waals surface area contributed by atoms with Gasteiger partial charge in [0.1, 0.15) is 6.10 Å². The van der Waals surface area contributed by atoms with Crippen LogP contribution in [0, 0.1) is 11.8 Å². The lowest BCUT2D eigenvalue weighted by atomic mass is 9.82. The van der Waals surface area contributed by atoms with Crippen LogP contribution in [0.25, 0.3) is 0 Å². The van der Waals surface area contributed by atoms with Crippen molar-refractivity contribution in [2.24, 2.45) is 11.8 Å². The van der Waals surface area contributed by atoms with Crippen LogP contribution < -0.4 is 0 Å². The number of ether oxygens (including phenoxy) is 3. The Balaban J connectivity index is 1.75. The van der Waals surface area contributed by atoms with Gasteiger partial charge in [0.15, 0.2) is 5.60 Å². The van der Waals surface area contributed by atoms with Crippen LogP contribution in [-0.2, 0) is 19.0 Å². The quantitative estimate of drug-likeness (QED) is 0.434. The Hall–Kier alpha value is -1.26. The molecule has 2 bridgehead atoms. The molecule has 1 N–H and O–H groups in total. The molecule has 160 valence electrons. The zero-order valence-corrected chi connectivity index (χ0v) is 15.7. The third-order valence-corrected chi connectivity index (χ3v) is 6.26. The fourth-order valence-electron chi connectivity index (χ4n) is 4.64. The van der Waals surface area contributed by atoms with E-state index in [9.17, 15) is 31.9 Å². The van der Waals surface area contributed by atoms with E-state index in [0.717, 1.165) is 6.92 Å². The molecule has 0 spiro atoms. The van der Waals surface area contributed by atoms with Gasteiger partial charge in [-0.05, 0) is 51.9 Å². The summed E-state index contributed by atoms with van der Waals surface area (Å²) in [7, 11) is 0. The number of fused-ring (bicyclic) bond motifs is 2. The molecule has 2 saturated carbocycles. The molecule has 6 unspecified atom stereocenters. The minimum absolute atomic E-state index is 0.153. The van der Waals surface area contributed by atoms with Crippen LogP contribution in [0.5, 0.6) is 0 Å². The van der Waals surface area contributed by atoms with Crippen molar-refractivity contribution in [2.75, 3.05) is 6.61 Å². The van der Waals surface area contributed by atoms with Gasteiger partial charge in [-0.15, -0.1) is 0 Å². The van der Waals surface area contributed by atoms with E-state index in [0.29, 0.717) is 12.8 Å². The summed E-state index contributed by atoms with van der Waals surface area (Å²) in [6.45, 7) is 6.26. The molecule has 0 aromatic heterocycles. The molecule has 3 fully saturated rings. The highest BCUT2D eigenvalue weighted by atomic mass is 19.4. The van der Waals surface area contributed by atoms with Crippen LogP contribution in [0.2, 0.25) is 0 Å². The summed E-state index contributed by atoms with van der Waals surface area (Å²) in [5, 5.41) is 9.53. The van der Waals surface area contributed by atoms with Crippen LogP contribution >= 0.6 is 0 Å². The second kappa shape index (κ2) is 6.12. The van der Waals surface area contributed by atoms with Gasteiger partial charge in [-0.1, -0.05) is 6.58 Å². The highest BCUT2D eigenvalue weighted by molar-refractivity contribution is 5.87. The zero-order chi connectivity index (χ0) is 21.3. The van der Waals surface area contributed by atoms with Crippen LogP contribution in [0.15, 0.2) is 12.2 Å². The molecular formula is C18H23F5O5. The minimum atomic E-state index is -5.69. The summed E-state index contributed by atoms with van der Waals surface area (Å²) >= 11 is 0.